The van der Waals surface area contributed by atoms with Gasteiger partial charge in [-0.25, -0.2) is 0 Å². The van der Waals surface area contributed by atoms with Crippen molar-refractivity contribution >= 4 is 10.9 Å². The third-order valence-corrected chi connectivity index (χ3v) is 4.05. The van der Waals surface area contributed by atoms with E-state index in [1.165, 1.54) is 49.8 Å². The van der Waals surface area contributed by atoms with Crippen molar-refractivity contribution in [1.82, 2.24) is 9.47 Å². The van der Waals surface area contributed by atoms with Crippen LogP contribution in [0, 0.1) is 0 Å². The molecule has 1 aromatic carbocycles. The highest BCUT2D eigenvalue weighted by atomic mass is 16.5. The summed E-state index contributed by atoms with van der Waals surface area (Å²) in [6.07, 6.45) is 6.18. The fraction of sp³-hybridized carbons (Fsp3) is 0.500. The highest BCUT2D eigenvalue weighted by Crippen LogP contribution is 2.22. The average molecular weight is 258 g/mol. The Balaban J connectivity index is 1.64. The molecule has 1 saturated heterocycles. The third-order valence-electron chi connectivity index (χ3n) is 4.05. The zero-order valence-electron chi connectivity index (χ0n) is 11.6. The number of fused-ring (bicyclic) bond motifs is 1. The number of benzene rings is 1. The van der Waals surface area contributed by atoms with Gasteiger partial charge in [-0.3, -0.25) is 0 Å². The van der Waals surface area contributed by atoms with Crippen LogP contribution in [0.2, 0.25) is 0 Å². The number of methoxy groups -OCH3 is 1. The largest absolute Gasteiger partial charge is 0.497 e. The van der Waals surface area contributed by atoms with Crippen molar-refractivity contribution in [3.8, 4) is 5.75 Å². The molecule has 3 rings (SSSR count). The summed E-state index contributed by atoms with van der Waals surface area (Å²) in [5.74, 6) is 0.933. The molecular weight excluding hydrogens is 236 g/mol. The molecule has 0 unspecified atom stereocenters. The summed E-state index contributed by atoms with van der Waals surface area (Å²) in [7, 11) is 1.72. The van der Waals surface area contributed by atoms with Crippen LogP contribution in [0.3, 0.4) is 0 Å². The molecule has 0 aliphatic carbocycles. The fourth-order valence-electron chi connectivity index (χ4n) is 2.97. The summed E-state index contributed by atoms with van der Waals surface area (Å²) in [4.78, 5) is 2.58. The van der Waals surface area contributed by atoms with Gasteiger partial charge >= 0.3 is 0 Å². The van der Waals surface area contributed by atoms with E-state index in [9.17, 15) is 0 Å². The van der Waals surface area contributed by atoms with E-state index in [4.69, 9.17) is 4.74 Å². The van der Waals surface area contributed by atoms with Crippen molar-refractivity contribution in [2.24, 2.45) is 0 Å². The van der Waals surface area contributed by atoms with E-state index < -0.39 is 0 Å². The molecule has 2 aromatic rings. The second-order valence-corrected chi connectivity index (χ2v) is 5.34. The first-order valence-corrected chi connectivity index (χ1v) is 7.22. The maximum absolute atomic E-state index is 5.26. The molecule has 1 aliphatic rings. The van der Waals surface area contributed by atoms with Gasteiger partial charge in [0.05, 0.1) is 7.11 Å². The van der Waals surface area contributed by atoms with Crippen LogP contribution in [0.25, 0.3) is 10.9 Å². The number of likely N-dealkylation sites (tertiary alicyclic amines) is 1. The Hall–Kier alpha value is -1.48. The normalized spacial score (nSPS) is 16.3. The van der Waals surface area contributed by atoms with E-state index in [0.29, 0.717) is 0 Å². The Morgan fingerprint density at radius 1 is 1.11 bits per heavy atom. The molecular formula is C16H22N2O. The Morgan fingerprint density at radius 3 is 2.74 bits per heavy atom. The van der Waals surface area contributed by atoms with Gasteiger partial charge in [0.25, 0.3) is 0 Å². The predicted octanol–water partition coefficient (Wildman–Crippen LogP) is 3.14. The van der Waals surface area contributed by atoms with Crippen LogP contribution in [0.5, 0.6) is 5.75 Å². The first-order valence-electron chi connectivity index (χ1n) is 7.22. The molecule has 102 valence electrons. The van der Waals surface area contributed by atoms with Gasteiger partial charge in [0, 0.05) is 23.6 Å². The number of nitrogens with zero attached hydrogens (tertiary/aromatic N) is 2. The van der Waals surface area contributed by atoms with Gasteiger partial charge in [0.15, 0.2) is 0 Å². The molecule has 1 aromatic heterocycles. The van der Waals surface area contributed by atoms with E-state index >= 15 is 0 Å². The molecule has 1 aliphatic heterocycles. The van der Waals surface area contributed by atoms with Crippen molar-refractivity contribution < 1.29 is 4.74 Å². The van der Waals surface area contributed by atoms with Gasteiger partial charge in [-0.2, -0.15) is 0 Å². The predicted molar refractivity (Wildman–Crippen MR) is 78.8 cm³/mol. The van der Waals surface area contributed by atoms with E-state index in [0.717, 1.165) is 12.3 Å². The van der Waals surface area contributed by atoms with Crippen LogP contribution in [-0.4, -0.2) is 36.2 Å². The summed E-state index contributed by atoms with van der Waals surface area (Å²) in [5, 5.41) is 1.26. The Kier molecular flexibility index (Phi) is 3.74. The lowest BCUT2D eigenvalue weighted by Gasteiger charge is -2.14. The molecule has 3 nitrogen and oxygen atoms in total. The van der Waals surface area contributed by atoms with Crippen LogP contribution < -0.4 is 4.74 Å². The van der Waals surface area contributed by atoms with Gasteiger partial charge in [0.2, 0.25) is 0 Å². The smallest absolute Gasteiger partial charge is 0.119 e. The quantitative estimate of drug-likeness (QED) is 0.819. The van der Waals surface area contributed by atoms with Gasteiger partial charge < -0.3 is 14.2 Å². The van der Waals surface area contributed by atoms with E-state index in [1.54, 1.807) is 7.11 Å². The lowest BCUT2D eigenvalue weighted by Crippen LogP contribution is -2.21. The summed E-state index contributed by atoms with van der Waals surface area (Å²) in [5.41, 5.74) is 1.31. The number of rotatable bonds is 5. The molecule has 0 radical (unpaired) electrons. The van der Waals surface area contributed by atoms with Gasteiger partial charge in [-0.05, 0) is 63.2 Å². The lowest BCUT2D eigenvalue weighted by molar-refractivity contribution is 0.326. The van der Waals surface area contributed by atoms with Crippen LogP contribution in [-0.2, 0) is 6.54 Å². The van der Waals surface area contributed by atoms with Gasteiger partial charge in [-0.15, -0.1) is 0 Å². The SMILES string of the molecule is COc1ccc2c(ccn2CCCN2CCCC2)c1. The molecule has 0 N–H and O–H groups in total. The molecule has 0 amide bonds. The summed E-state index contributed by atoms with van der Waals surface area (Å²) < 4.78 is 7.62. The first kappa shape index (κ1) is 12.5. The van der Waals surface area contributed by atoms with Crippen molar-refractivity contribution in [1.29, 1.82) is 0 Å². The average Bonchev–Trinajstić information content (AvgIpc) is 3.08. The fourth-order valence-corrected chi connectivity index (χ4v) is 2.97. The van der Waals surface area contributed by atoms with Crippen LogP contribution in [0.1, 0.15) is 19.3 Å². The molecule has 0 atom stereocenters. The maximum Gasteiger partial charge on any atom is 0.119 e. The van der Waals surface area contributed by atoms with E-state index in [1.807, 2.05) is 6.07 Å². The number of ether oxygens (including phenoxy) is 1. The molecule has 19 heavy (non-hydrogen) atoms. The highest BCUT2D eigenvalue weighted by molar-refractivity contribution is 5.81. The Morgan fingerprint density at radius 2 is 1.95 bits per heavy atom. The van der Waals surface area contributed by atoms with Gasteiger partial charge in [-0.1, -0.05) is 0 Å². The number of hydrogen-bond donors (Lipinski definition) is 0. The van der Waals surface area contributed by atoms with Crippen LogP contribution in [0.15, 0.2) is 30.5 Å². The molecule has 0 bridgehead atoms. The van der Waals surface area contributed by atoms with E-state index in [2.05, 4.69) is 33.9 Å². The highest BCUT2D eigenvalue weighted by Gasteiger charge is 2.10. The van der Waals surface area contributed by atoms with Crippen LogP contribution >= 0.6 is 0 Å². The summed E-state index contributed by atoms with van der Waals surface area (Å²) in [6, 6.07) is 8.48. The summed E-state index contributed by atoms with van der Waals surface area (Å²) >= 11 is 0. The Bertz CT molecular complexity index is 541. The molecule has 0 spiro atoms. The summed E-state index contributed by atoms with van der Waals surface area (Å²) in [6.45, 7) is 4.93. The Labute approximate surface area is 114 Å². The second-order valence-electron chi connectivity index (χ2n) is 5.34. The van der Waals surface area contributed by atoms with Crippen molar-refractivity contribution in [2.75, 3.05) is 26.7 Å². The van der Waals surface area contributed by atoms with E-state index in [-0.39, 0.29) is 0 Å². The molecule has 0 saturated carbocycles. The lowest BCUT2D eigenvalue weighted by atomic mass is 10.2. The standard InChI is InChI=1S/C16H22N2O/c1-19-15-5-6-16-14(13-15)7-12-18(16)11-4-10-17-8-2-3-9-17/h5-7,12-13H,2-4,8-11H2,1H3. The number of aromatic nitrogens is 1. The number of aryl methyl sites for hydroxylation is 1. The van der Waals surface area contributed by atoms with Crippen LogP contribution in [0.4, 0.5) is 0 Å². The molecule has 3 heteroatoms. The molecule has 2 heterocycles. The topological polar surface area (TPSA) is 17.4 Å². The second kappa shape index (κ2) is 5.66. The van der Waals surface area contributed by atoms with Gasteiger partial charge in [0.1, 0.15) is 5.75 Å². The zero-order valence-corrected chi connectivity index (χ0v) is 11.6. The molecule has 1 fully saturated rings. The maximum atomic E-state index is 5.26. The minimum atomic E-state index is 0.933. The minimum absolute atomic E-state index is 0.933. The number of hydrogen-bond acceptors (Lipinski definition) is 2. The first-order chi connectivity index (χ1) is 9.36. The monoisotopic (exact) mass is 258 g/mol. The van der Waals surface area contributed by atoms with Crippen molar-refractivity contribution in [3.05, 3.63) is 30.5 Å². The van der Waals surface area contributed by atoms with Crippen molar-refractivity contribution in [2.45, 2.75) is 25.8 Å². The third kappa shape index (κ3) is 2.76. The zero-order chi connectivity index (χ0) is 13.1. The van der Waals surface area contributed by atoms with Crippen molar-refractivity contribution in [3.63, 3.8) is 0 Å². The minimum Gasteiger partial charge on any atom is -0.497 e.